The van der Waals surface area contributed by atoms with Gasteiger partial charge in [0.15, 0.2) is 5.78 Å². The zero-order valence-corrected chi connectivity index (χ0v) is 10.3. The molecule has 0 saturated heterocycles. The van der Waals surface area contributed by atoms with E-state index in [1.165, 1.54) is 44.1 Å². The van der Waals surface area contributed by atoms with Gasteiger partial charge in [-0.2, -0.15) is 0 Å². The van der Waals surface area contributed by atoms with Crippen LogP contribution >= 0.6 is 0 Å². The third-order valence-electron chi connectivity index (χ3n) is 4.48. The van der Waals surface area contributed by atoms with Crippen LogP contribution in [0.2, 0.25) is 0 Å². The third-order valence-corrected chi connectivity index (χ3v) is 4.48. The first kappa shape index (κ1) is 11.0. The molecule has 17 heavy (non-hydrogen) atoms. The Morgan fingerprint density at radius 3 is 2.47 bits per heavy atom. The summed E-state index contributed by atoms with van der Waals surface area (Å²) < 4.78 is 0. The van der Waals surface area contributed by atoms with Crippen molar-refractivity contribution in [1.82, 2.24) is 0 Å². The van der Waals surface area contributed by atoms with Gasteiger partial charge in [0.05, 0.1) is 0 Å². The van der Waals surface area contributed by atoms with Crippen molar-refractivity contribution in [2.45, 2.75) is 50.9 Å². The van der Waals surface area contributed by atoms with Gasteiger partial charge in [0, 0.05) is 12.0 Å². The molecule has 3 rings (SSSR count). The molecule has 2 aliphatic carbocycles. The number of carbonyl (C=O) groups is 1. The maximum absolute atomic E-state index is 12.1. The molecule has 90 valence electrons. The molecule has 1 aromatic rings. The number of benzene rings is 1. The minimum absolute atomic E-state index is 0.357. The second-order valence-electron chi connectivity index (χ2n) is 5.68. The van der Waals surface area contributed by atoms with E-state index in [9.17, 15) is 4.79 Å². The summed E-state index contributed by atoms with van der Waals surface area (Å²) in [5.41, 5.74) is 2.33. The van der Waals surface area contributed by atoms with Gasteiger partial charge < -0.3 is 0 Å². The van der Waals surface area contributed by atoms with Crippen LogP contribution in [0.1, 0.15) is 66.8 Å². The Labute approximate surface area is 103 Å². The molecule has 0 aliphatic heterocycles. The van der Waals surface area contributed by atoms with Crippen LogP contribution in [0.3, 0.4) is 0 Å². The van der Waals surface area contributed by atoms with Gasteiger partial charge in [-0.1, -0.05) is 43.9 Å². The van der Waals surface area contributed by atoms with E-state index in [1.54, 1.807) is 0 Å². The fourth-order valence-electron chi connectivity index (χ4n) is 2.78. The van der Waals surface area contributed by atoms with Crippen LogP contribution in [0, 0.1) is 5.92 Å². The Bertz CT molecular complexity index is 413. The average molecular weight is 228 g/mol. The zero-order chi connectivity index (χ0) is 11.7. The van der Waals surface area contributed by atoms with Crippen LogP contribution < -0.4 is 0 Å². The highest BCUT2D eigenvalue weighted by Crippen LogP contribution is 2.37. The van der Waals surface area contributed by atoms with Crippen molar-refractivity contribution in [2.75, 3.05) is 0 Å². The Morgan fingerprint density at radius 1 is 1.12 bits per heavy atom. The van der Waals surface area contributed by atoms with Crippen LogP contribution in [0.5, 0.6) is 0 Å². The van der Waals surface area contributed by atoms with E-state index in [2.05, 4.69) is 18.2 Å². The highest BCUT2D eigenvalue weighted by Gasteiger charge is 2.23. The molecular weight excluding hydrogens is 208 g/mol. The molecule has 0 bridgehead atoms. The molecule has 0 heterocycles. The number of Topliss-reactive ketones (excluding diaryl/α,β-unsaturated/α-hetero) is 1. The molecule has 1 heteroatoms. The molecule has 0 spiro atoms. The van der Waals surface area contributed by atoms with Crippen molar-refractivity contribution in [3.8, 4) is 0 Å². The molecule has 2 saturated carbocycles. The zero-order valence-electron chi connectivity index (χ0n) is 10.3. The number of hydrogen-bond donors (Lipinski definition) is 0. The molecule has 0 radical (unpaired) electrons. The first-order chi connectivity index (χ1) is 8.33. The number of rotatable bonds is 4. The van der Waals surface area contributed by atoms with Gasteiger partial charge in [-0.05, 0) is 36.3 Å². The van der Waals surface area contributed by atoms with Gasteiger partial charge in [-0.15, -0.1) is 0 Å². The Kier molecular flexibility index (Phi) is 3.00. The maximum atomic E-state index is 12.1. The summed E-state index contributed by atoms with van der Waals surface area (Å²) in [6.07, 6.45) is 8.57. The molecule has 0 amide bonds. The summed E-state index contributed by atoms with van der Waals surface area (Å²) >= 11 is 0. The van der Waals surface area contributed by atoms with Crippen LogP contribution in [0.25, 0.3) is 0 Å². The minimum atomic E-state index is 0.357. The lowest BCUT2D eigenvalue weighted by Crippen LogP contribution is -2.16. The van der Waals surface area contributed by atoms with E-state index in [4.69, 9.17) is 0 Å². The third kappa shape index (κ3) is 2.29. The van der Waals surface area contributed by atoms with Crippen molar-refractivity contribution in [3.05, 3.63) is 35.4 Å². The fourth-order valence-corrected chi connectivity index (χ4v) is 2.78. The maximum Gasteiger partial charge on any atom is 0.163 e. The minimum Gasteiger partial charge on any atom is -0.294 e. The molecular formula is C16H20O. The van der Waals surface area contributed by atoms with Gasteiger partial charge in [-0.25, -0.2) is 0 Å². The topological polar surface area (TPSA) is 17.1 Å². The summed E-state index contributed by atoms with van der Waals surface area (Å²) in [6.45, 7) is 0. The van der Waals surface area contributed by atoms with Gasteiger partial charge in [0.2, 0.25) is 0 Å². The molecule has 2 aliphatic rings. The van der Waals surface area contributed by atoms with Crippen LogP contribution in [-0.2, 0) is 0 Å². The van der Waals surface area contributed by atoms with Gasteiger partial charge in [-0.3, -0.25) is 4.79 Å². The van der Waals surface area contributed by atoms with E-state index in [1.807, 2.05) is 6.07 Å². The molecule has 1 aromatic carbocycles. The van der Waals surface area contributed by atoms with Crippen LogP contribution in [0.15, 0.2) is 24.3 Å². The summed E-state index contributed by atoms with van der Waals surface area (Å²) in [7, 11) is 0. The first-order valence-electron chi connectivity index (χ1n) is 6.96. The SMILES string of the molecule is O=C(CC1CCC1)c1cccc(C2CCC2)c1. The predicted molar refractivity (Wildman–Crippen MR) is 69.3 cm³/mol. The lowest BCUT2D eigenvalue weighted by Gasteiger charge is -2.27. The molecule has 0 unspecified atom stereocenters. The van der Waals surface area contributed by atoms with E-state index >= 15 is 0 Å². The van der Waals surface area contributed by atoms with Crippen molar-refractivity contribution in [3.63, 3.8) is 0 Å². The van der Waals surface area contributed by atoms with Crippen molar-refractivity contribution >= 4 is 5.78 Å². The van der Waals surface area contributed by atoms with Crippen molar-refractivity contribution in [2.24, 2.45) is 5.92 Å². The van der Waals surface area contributed by atoms with Crippen molar-refractivity contribution in [1.29, 1.82) is 0 Å². The van der Waals surface area contributed by atoms with E-state index < -0.39 is 0 Å². The number of carbonyl (C=O) groups excluding carboxylic acids is 1. The average Bonchev–Trinajstić information content (AvgIpc) is 2.21. The summed E-state index contributed by atoms with van der Waals surface area (Å²) in [5.74, 6) is 1.76. The smallest absolute Gasteiger partial charge is 0.163 e. The number of hydrogen-bond acceptors (Lipinski definition) is 1. The first-order valence-corrected chi connectivity index (χ1v) is 6.96. The monoisotopic (exact) mass is 228 g/mol. The lowest BCUT2D eigenvalue weighted by atomic mass is 9.78. The van der Waals surface area contributed by atoms with Gasteiger partial charge in [0.25, 0.3) is 0 Å². The Balaban J connectivity index is 1.70. The van der Waals surface area contributed by atoms with Crippen LogP contribution in [-0.4, -0.2) is 5.78 Å². The highest BCUT2D eigenvalue weighted by molar-refractivity contribution is 5.96. The Hall–Kier alpha value is -1.11. The van der Waals surface area contributed by atoms with Crippen molar-refractivity contribution < 1.29 is 4.79 Å². The fraction of sp³-hybridized carbons (Fsp3) is 0.562. The highest BCUT2D eigenvalue weighted by atomic mass is 16.1. The summed E-state index contributed by atoms with van der Waals surface area (Å²) in [5, 5.41) is 0. The summed E-state index contributed by atoms with van der Waals surface area (Å²) in [4.78, 5) is 12.1. The van der Waals surface area contributed by atoms with Gasteiger partial charge >= 0.3 is 0 Å². The molecule has 2 fully saturated rings. The quantitative estimate of drug-likeness (QED) is 0.701. The standard InChI is InChI=1S/C16H20O/c17-16(10-12-4-1-5-12)15-9-3-8-14(11-15)13-6-2-7-13/h3,8-9,11-13H,1-2,4-7,10H2. The van der Waals surface area contributed by atoms with E-state index in [0.717, 1.165) is 17.9 Å². The largest absolute Gasteiger partial charge is 0.294 e. The van der Waals surface area contributed by atoms with Crippen LogP contribution in [0.4, 0.5) is 0 Å². The molecule has 0 aromatic heterocycles. The molecule has 0 N–H and O–H groups in total. The second kappa shape index (κ2) is 4.64. The summed E-state index contributed by atoms with van der Waals surface area (Å²) in [6, 6.07) is 8.37. The van der Waals surface area contributed by atoms with Gasteiger partial charge in [0.1, 0.15) is 0 Å². The predicted octanol–water partition coefficient (Wildman–Crippen LogP) is 4.33. The number of ketones is 1. The second-order valence-corrected chi connectivity index (χ2v) is 5.68. The molecule has 0 atom stereocenters. The van der Waals surface area contributed by atoms with E-state index in [-0.39, 0.29) is 0 Å². The Morgan fingerprint density at radius 2 is 1.88 bits per heavy atom. The van der Waals surface area contributed by atoms with E-state index in [0.29, 0.717) is 11.7 Å². The normalized spacial score (nSPS) is 20.7. The lowest BCUT2D eigenvalue weighted by molar-refractivity contribution is 0.0936. The molecule has 1 nitrogen and oxygen atoms in total.